The minimum atomic E-state index is -0.972. The number of rotatable bonds is 6. The van der Waals surface area contributed by atoms with Crippen molar-refractivity contribution < 1.29 is 8.78 Å². The number of anilines is 3. The van der Waals surface area contributed by atoms with Crippen molar-refractivity contribution in [2.45, 2.75) is 12.8 Å². The van der Waals surface area contributed by atoms with Gasteiger partial charge in [-0.05, 0) is 45.6 Å². The molecule has 0 amide bonds. The van der Waals surface area contributed by atoms with E-state index in [0.717, 1.165) is 31.0 Å². The largest absolute Gasteiger partial charge is 0.383 e. The maximum atomic E-state index is 13.6. The second-order valence-electron chi connectivity index (χ2n) is 5.24. The zero-order valence-corrected chi connectivity index (χ0v) is 12.6. The van der Waals surface area contributed by atoms with Gasteiger partial charge in [-0.25, -0.2) is 13.8 Å². The average Bonchev–Trinajstić information content (AvgIpc) is 2.46. The van der Waals surface area contributed by atoms with Crippen molar-refractivity contribution >= 4 is 17.5 Å². The molecule has 7 heteroatoms. The standard InChI is InChI=1S/C15H19F2N5/c1-22(2)8-4-5-10-9-19-15(21-14(10)18)20-12-7-3-6-11(16)13(12)17/h3,6-7,9H,4-5,8H2,1-2H3,(H3,18,19,20,21). The predicted molar refractivity (Wildman–Crippen MR) is 83.0 cm³/mol. The first-order valence-corrected chi connectivity index (χ1v) is 6.94. The van der Waals surface area contributed by atoms with Crippen LogP contribution in [0.25, 0.3) is 0 Å². The van der Waals surface area contributed by atoms with E-state index in [1.807, 2.05) is 14.1 Å². The lowest BCUT2D eigenvalue weighted by molar-refractivity contribution is 0.400. The van der Waals surface area contributed by atoms with Gasteiger partial charge in [-0.3, -0.25) is 0 Å². The van der Waals surface area contributed by atoms with Crippen molar-refractivity contribution in [2.24, 2.45) is 0 Å². The lowest BCUT2D eigenvalue weighted by atomic mass is 10.1. The summed E-state index contributed by atoms with van der Waals surface area (Å²) in [6, 6.07) is 3.85. The smallest absolute Gasteiger partial charge is 0.229 e. The first-order valence-electron chi connectivity index (χ1n) is 6.94. The molecule has 0 unspecified atom stereocenters. The Bertz CT molecular complexity index is 646. The molecule has 0 radical (unpaired) electrons. The number of hydrogen-bond donors (Lipinski definition) is 2. The predicted octanol–water partition coefficient (Wildman–Crippen LogP) is 2.57. The van der Waals surface area contributed by atoms with E-state index in [1.54, 1.807) is 6.20 Å². The van der Waals surface area contributed by atoms with Crippen LogP contribution >= 0.6 is 0 Å². The molecule has 0 atom stereocenters. The maximum absolute atomic E-state index is 13.6. The Morgan fingerprint density at radius 3 is 2.73 bits per heavy atom. The van der Waals surface area contributed by atoms with E-state index < -0.39 is 11.6 Å². The number of aryl methyl sites for hydroxylation is 1. The monoisotopic (exact) mass is 307 g/mol. The number of hydrogen-bond acceptors (Lipinski definition) is 5. The fourth-order valence-corrected chi connectivity index (χ4v) is 1.98. The maximum Gasteiger partial charge on any atom is 0.229 e. The Kier molecular flexibility index (Phi) is 5.21. The van der Waals surface area contributed by atoms with E-state index in [2.05, 4.69) is 20.2 Å². The zero-order valence-electron chi connectivity index (χ0n) is 12.6. The molecular formula is C15H19F2N5. The number of nitrogens with two attached hydrogens (primary N) is 1. The van der Waals surface area contributed by atoms with Crippen LogP contribution in [0.5, 0.6) is 0 Å². The Morgan fingerprint density at radius 2 is 2.05 bits per heavy atom. The van der Waals surface area contributed by atoms with Crippen LogP contribution in [-0.4, -0.2) is 35.5 Å². The van der Waals surface area contributed by atoms with E-state index in [9.17, 15) is 8.78 Å². The van der Waals surface area contributed by atoms with Gasteiger partial charge in [-0.1, -0.05) is 6.07 Å². The molecule has 5 nitrogen and oxygen atoms in total. The van der Waals surface area contributed by atoms with Gasteiger partial charge < -0.3 is 16.0 Å². The number of nitrogens with zero attached hydrogens (tertiary/aromatic N) is 3. The molecule has 22 heavy (non-hydrogen) atoms. The van der Waals surface area contributed by atoms with Gasteiger partial charge in [0.25, 0.3) is 0 Å². The minimum absolute atomic E-state index is 0.0280. The summed E-state index contributed by atoms with van der Waals surface area (Å²) >= 11 is 0. The van der Waals surface area contributed by atoms with E-state index in [-0.39, 0.29) is 11.6 Å². The third-order valence-corrected chi connectivity index (χ3v) is 3.15. The van der Waals surface area contributed by atoms with Crippen LogP contribution in [0.3, 0.4) is 0 Å². The zero-order chi connectivity index (χ0) is 16.1. The van der Waals surface area contributed by atoms with E-state index in [4.69, 9.17) is 5.73 Å². The van der Waals surface area contributed by atoms with Gasteiger partial charge in [0.1, 0.15) is 5.82 Å². The van der Waals surface area contributed by atoms with Crippen molar-refractivity contribution in [3.63, 3.8) is 0 Å². The van der Waals surface area contributed by atoms with Crippen LogP contribution in [-0.2, 0) is 6.42 Å². The Balaban J connectivity index is 2.07. The molecule has 0 saturated carbocycles. The van der Waals surface area contributed by atoms with Gasteiger partial charge in [0.2, 0.25) is 5.95 Å². The van der Waals surface area contributed by atoms with Crippen LogP contribution < -0.4 is 11.1 Å². The molecule has 0 aliphatic heterocycles. The highest BCUT2D eigenvalue weighted by Crippen LogP contribution is 2.21. The van der Waals surface area contributed by atoms with Crippen molar-refractivity contribution in [3.05, 3.63) is 41.6 Å². The highest BCUT2D eigenvalue weighted by atomic mass is 19.2. The molecule has 1 heterocycles. The summed E-state index contributed by atoms with van der Waals surface area (Å²) in [6.45, 7) is 0.938. The summed E-state index contributed by atoms with van der Waals surface area (Å²) in [5.41, 5.74) is 6.70. The molecule has 0 saturated heterocycles. The number of benzene rings is 1. The van der Waals surface area contributed by atoms with E-state index in [1.165, 1.54) is 12.1 Å². The van der Waals surface area contributed by atoms with Crippen LogP contribution in [0, 0.1) is 11.6 Å². The number of halogens is 2. The van der Waals surface area contributed by atoms with E-state index >= 15 is 0 Å². The summed E-state index contributed by atoms with van der Waals surface area (Å²) in [6.07, 6.45) is 3.31. The van der Waals surface area contributed by atoms with E-state index in [0.29, 0.717) is 5.82 Å². The molecule has 0 spiro atoms. The number of nitrogen functional groups attached to an aromatic ring is 1. The van der Waals surface area contributed by atoms with Crippen molar-refractivity contribution in [2.75, 3.05) is 31.7 Å². The fraction of sp³-hybridized carbons (Fsp3) is 0.333. The van der Waals surface area contributed by atoms with Gasteiger partial charge in [0.15, 0.2) is 11.6 Å². The molecule has 3 N–H and O–H groups in total. The average molecular weight is 307 g/mol. The van der Waals surface area contributed by atoms with Crippen molar-refractivity contribution in [3.8, 4) is 0 Å². The molecule has 118 valence electrons. The first kappa shape index (κ1) is 16.1. The lowest BCUT2D eigenvalue weighted by Gasteiger charge is -2.11. The van der Waals surface area contributed by atoms with Crippen LogP contribution in [0.4, 0.5) is 26.2 Å². The molecule has 0 bridgehead atoms. The summed E-state index contributed by atoms with van der Waals surface area (Å²) in [5.74, 6) is -1.43. The Labute approximate surface area is 128 Å². The summed E-state index contributed by atoms with van der Waals surface area (Å²) < 4.78 is 26.7. The first-order chi connectivity index (χ1) is 10.5. The Hall–Kier alpha value is -2.28. The number of nitrogens with one attached hydrogen (secondary N) is 1. The fourth-order valence-electron chi connectivity index (χ4n) is 1.98. The third-order valence-electron chi connectivity index (χ3n) is 3.15. The summed E-state index contributed by atoms with van der Waals surface area (Å²) in [5, 5.41) is 2.63. The molecule has 1 aromatic heterocycles. The summed E-state index contributed by atoms with van der Waals surface area (Å²) in [7, 11) is 4.00. The quantitative estimate of drug-likeness (QED) is 0.858. The van der Waals surface area contributed by atoms with Crippen LogP contribution in [0.1, 0.15) is 12.0 Å². The molecule has 0 aliphatic rings. The Morgan fingerprint density at radius 1 is 1.27 bits per heavy atom. The third kappa shape index (κ3) is 4.11. The van der Waals surface area contributed by atoms with Crippen molar-refractivity contribution in [1.82, 2.24) is 14.9 Å². The van der Waals surface area contributed by atoms with Gasteiger partial charge in [-0.2, -0.15) is 4.98 Å². The second-order valence-corrected chi connectivity index (χ2v) is 5.24. The van der Waals surface area contributed by atoms with Crippen LogP contribution in [0.2, 0.25) is 0 Å². The SMILES string of the molecule is CN(C)CCCc1cnc(Nc2cccc(F)c2F)nc1N. The molecule has 1 aromatic carbocycles. The van der Waals surface area contributed by atoms with Gasteiger partial charge in [0, 0.05) is 11.8 Å². The van der Waals surface area contributed by atoms with Crippen molar-refractivity contribution in [1.29, 1.82) is 0 Å². The molecule has 2 rings (SSSR count). The lowest BCUT2D eigenvalue weighted by Crippen LogP contribution is -2.14. The molecule has 0 fully saturated rings. The van der Waals surface area contributed by atoms with Gasteiger partial charge in [0.05, 0.1) is 5.69 Å². The van der Waals surface area contributed by atoms with Gasteiger partial charge >= 0.3 is 0 Å². The van der Waals surface area contributed by atoms with Gasteiger partial charge in [-0.15, -0.1) is 0 Å². The van der Waals surface area contributed by atoms with Crippen LogP contribution in [0.15, 0.2) is 24.4 Å². The summed E-state index contributed by atoms with van der Waals surface area (Å²) in [4.78, 5) is 10.3. The molecule has 2 aromatic rings. The second kappa shape index (κ2) is 7.13. The number of aromatic nitrogens is 2. The topological polar surface area (TPSA) is 67.1 Å². The minimum Gasteiger partial charge on any atom is -0.383 e. The highest BCUT2D eigenvalue weighted by molar-refractivity contribution is 5.56. The highest BCUT2D eigenvalue weighted by Gasteiger charge is 2.10. The molecular weight excluding hydrogens is 288 g/mol. The normalized spacial score (nSPS) is 11.0. The molecule has 0 aliphatic carbocycles.